The number of rotatable bonds is 4. The monoisotopic (exact) mass is 521 g/mol. The van der Waals surface area contributed by atoms with E-state index in [4.69, 9.17) is 6.57 Å². The summed E-state index contributed by atoms with van der Waals surface area (Å²) >= 11 is 0. The third-order valence-electron chi connectivity index (χ3n) is 7.50. The number of aryl methyl sites for hydroxylation is 2. The number of anilines is 1. The molecular formula is C30H28FN7O. The largest absolute Gasteiger partial charge is 0.361 e. The summed E-state index contributed by atoms with van der Waals surface area (Å²) in [6.07, 6.45) is 1.24. The maximum atomic E-state index is 13.8. The van der Waals surface area contributed by atoms with Gasteiger partial charge in [0.15, 0.2) is 0 Å². The first kappa shape index (κ1) is 26.0. The summed E-state index contributed by atoms with van der Waals surface area (Å²) in [5.41, 5.74) is 4.05. The van der Waals surface area contributed by atoms with E-state index in [1.807, 2.05) is 13.8 Å². The fourth-order valence-corrected chi connectivity index (χ4v) is 5.48. The molecule has 39 heavy (non-hydrogen) atoms. The van der Waals surface area contributed by atoms with E-state index >= 15 is 0 Å². The molecule has 3 atom stereocenters. The Bertz CT molecular complexity index is 1640. The Kier molecular flexibility index (Phi) is 6.86. The number of pyridine rings is 3. The summed E-state index contributed by atoms with van der Waals surface area (Å²) in [6.45, 7) is 14.7. The lowest BCUT2D eigenvalue weighted by Crippen LogP contribution is -2.58. The van der Waals surface area contributed by atoms with Gasteiger partial charge in [0.05, 0.1) is 23.4 Å². The van der Waals surface area contributed by atoms with Crippen molar-refractivity contribution in [3.8, 4) is 6.07 Å². The molecule has 4 aromatic rings. The number of aromatic nitrogens is 3. The first-order chi connectivity index (χ1) is 18.7. The second-order valence-electron chi connectivity index (χ2n) is 10.1. The van der Waals surface area contributed by atoms with Gasteiger partial charge in [-0.2, -0.15) is 5.26 Å². The fourth-order valence-electron chi connectivity index (χ4n) is 5.48. The Balaban J connectivity index is 1.61. The number of nitrogens with zero attached hydrogens (tertiary/aromatic N) is 7. The van der Waals surface area contributed by atoms with Crippen LogP contribution >= 0.6 is 0 Å². The predicted molar refractivity (Wildman–Crippen MR) is 148 cm³/mol. The normalized spacial score (nSPS) is 18.5. The minimum Gasteiger partial charge on any atom is -0.361 e. The molecule has 4 heterocycles. The number of piperazine rings is 1. The van der Waals surface area contributed by atoms with E-state index in [9.17, 15) is 14.4 Å². The number of benzene rings is 1. The van der Waals surface area contributed by atoms with Crippen LogP contribution in [0, 0.1) is 30.6 Å². The van der Waals surface area contributed by atoms with E-state index in [1.165, 1.54) is 16.8 Å². The number of hydrogen-bond donors (Lipinski definition) is 0. The highest BCUT2D eigenvalue weighted by atomic mass is 19.1. The van der Waals surface area contributed by atoms with Gasteiger partial charge in [-0.25, -0.2) is 4.39 Å². The number of fused-ring (bicyclic) bond motifs is 1. The van der Waals surface area contributed by atoms with Gasteiger partial charge in [-0.1, -0.05) is 36.4 Å². The van der Waals surface area contributed by atoms with Gasteiger partial charge in [-0.05, 0) is 50.6 Å². The van der Waals surface area contributed by atoms with Gasteiger partial charge in [0.2, 0.25) is 5.52 Å². The van der Waals surface area contributed by atoms with Crippen LogP contribution in [0.15, 0.2) is 59.5 Å². The Morgan fingerprint density at radius 1 is 1.10 bits per heavy atom. The van der Waals surface area contributed by atoms with Crippen LogP contribution in [0.4, 0.5) is 15.9 Å². The van der Waals surface area contributed by atoms with Crippen LogP contribution in [0.25, 0.3) is 15.9 Å². The molecule has 8 nitrogen and oxygen atoms in total. The van der Waals surface area contributed by atoms with E-state index in [2.05, 4.69) is 61.9 Å². The second kappa shape index (κ2) is 10.3. The first-order valence-corrected chi connectivity index (χ1v) is 12.7. The maximum absolute atomic E-state index is 13.8. The molecule has 1 aliphatic rings. The van der Waals surface area contributed by atoms with Crippen molar-refractivity contribution < 1.29 is 4.39 Å². The van der Waals surface area contributed by atoms with E-state index in [-0.39, 0.29) is 35.3 Å². The van der Waals surface area contributed by atoms with Gasteiger partial charge in [0.1, 0.15) is 23.1 Å². The first-order valence-electron chi connectivity index (χ1n) is 12.7. The lowest BCUT2D eigenvalue weighted by atomic mass is 9.95. The van der Waals surface area contributed by atoms with Crippen LogP contribution in [0.2, 0.25) is 0 Å². The highest BCUT2D eigenvalue weighted by Crippen LogP contribution is 2.37. The van der Waals surface area contributed by atoms with Crippen molar-refractivity contribution in [2.24, 2.45) is 7.05 Å². The standard InChI is InChI=1S/C30H28FN7O/c1-18-6-8-21(9-7-18)28(24-11-10-22(31)15-34-24)37-16-20(3)38(17-19(37)2)29-23(14-32)30(39)36(5)25-12-13-26(33-4)35-27(25)29/h6-13,15,19-20,28H,16-17H2,1-3,5H3/t19-,20+,28?/m1/s1. The SMILES string of the molecule is [C-]#[N+]c1ccc2c(n1)c(N1C[C@@H](C)N(C(c3ccc(C)cc3)c3ccc(F)cn3)C[C@@H]1C)c(C#N)c(=O)n2C. The number of hydrogen-bond acceptors (Lipinski definition) is 6. The molecule has 0 aliphatic carbocycles. The highest BCUT2D eigenvalue weighted by molar-refractivity contribution is 5.93. The molecule has 0 N–H and O–H groups in total. The van der Waals surface area contributed by atoms with Gasteiger partial charge in [-0.3, -0.25) is 14.7 Å². The van der Waals surface area contributed by atoms with Crippen LogP contribution in [0.5, 0.6) is 0 Å². The Labute approximate surface area is 226 Å². The molecule has 0 amide bonds. The van der Waals surface area contributed by atoms with Gasteiger partial charge in [0, 0.05) is 32.2 Å². The molecule has 1 aliphatic heterocycles. The molecule has 1 saturated heterocycles. The van der Waals surface area contributed by atoms with E-state index in [0.29, 0.717) is 29.8 Å². The minimum atomic E-state index is -0.396. The van der Waals surface area contributed by atoms with Crippen molar-refractivity contribution in [3.05, 3.63) is 105 Å². The molecule has 0 saturated carbocycles. The Morgan fingerprint density at radius 3 is 2.49 bits per heavy atom. The van der Waals surface area contributed by atoms with Crippen molar-refractivity contribution in [3.63, 3.8) is 0 Å². The topological polar surface area (TPSA) is 82.4 Å². The third-order valence-corrected chi connectivity index (χ3v) is 7.50. The molecule has 5 rings (SSSR count). The van der Waals surface area contributed by atoms with Crippen molar-refractivity contribution in [1.82, 2.24) is 19.4 Å². The number of halogens is 1. The average Bonchev–Trinajstić information content (AvgIpc) is 2.94. The van der Waals surface area contributed by atoms with Crippen molar-refractivity contribution in [2.45, 2.75) is 38.9 Å². The smallest absolute Gasteiger partial charge is 0.271 e. The van der Waals surface area contributed by atoms with Crippen molar-refractivity contribution >= 4 is 22.5 Å². The predicted octanol–water partition coefficient (Wildman–Crippen LogP) is 4.89. The summed E-state index contributed by atoms with van der Waals surface area (Å²) in [4.78, 5) is 30.0. The lowest BCUT2D eigenvalue weighted by molar-refractivity contribution is 0.128. The Morgan fingerprint density at radius 2 is 1.85 bits per heavy atom. The Hall–Kier alpha value is -4.60. The zero-order valence-electron chi connectivity index (χ0n) is 22.3. The molecule has 1 aromatic carbocycles. The second-order valence-corrected chi connectivity index (χ2v) is 10.1. The van der Waals surface area contributed by atoms with Crippen molar-refractivity contribution in [2.75, 3.05) is 18.0 Å². The molecule has 1 fully saturated rings. The molecule has 0 radical (unpaired) electrons. The quantitative estimate of drug-likeness (QED) is 0.356. The van der Waals surface area contributed by atoms with Gasteiger partial charge < -0.3 is 14.3 Å². The van der Waals surface area contributed by atoms with Gasteiger partial charge >= 0.3 is 0 Å². The highest BCUT2D eigenvalue weighted by Gasteiger charge is 2.38. The minimum absolute atomic E-state index is 0.0161. The van der Waals surface area contributed by atoms with E-state index < -0.39 is 5.56 Å². The zero-order valence-corrected chi connectivity index (χ0v) is 22.3. The van der Waals surface area contributed by atoms with E-state index in [1.54, 1.807) is 25.2 Å². The van der Waals surface area contributed by atoms with Crippen LogP contribution < -0.4 is 10.5 Å². The molecular weight excluding hydrogens is 493 g/mol. The molecule has 3 aromatic heterocycles. The lowest BCUT2D eigenvalue weighted by Gasteiger charge is -2.48. The van der Waals surface area contributed by atoms with Crippen LogP contribution in [-0.4, -0.2) is 44.6 Å². The third kappa shape index (κ3) is 4.62. The number of nitriles is 1. The summed E-state index contributed by atoms with van der Waals surface area (Å²) < 4.78 is 15.2. The van der Waals surface area contributed by atoms with Crippen LogP contribution in [0.1, 0.15) is 42.3 Å². The van der Waals surface area contributed by atoms with Gasteiger partial charge in [-0.15, -0.1) is 4.98 Å². The fraction of sp³-hybridized carbons (Fsp3) is 0.300. The summed E-state index contributed by atoms with van der Waals surface area (Å²) in [7, 11) is 1.61. The maximum Gasteiger partial charge on any atom is 0.271 e. The molecule has 9 heteroatoms. The molecule has 0 spiro atoms. The van der Waals surface area contributed by atoms with E-state index in [0.717, 1.165) is 16.8 Å². The summed E-state index contributed by atoms with van der Waals surface area (Å²) in [5.74, 6) is -0.187. The zero-order chi connectivity index (χ0) is 27.8. The van der Waals surface area contributed by atoms with Crippen LogP contribution in [-0.2, 0) is 7.05 Å². The molecule has 196 valence electrons. The average molecular weight is 522 g/mol. The van der Waals surface area contributed by atoms with Crippen molar-refractivity contribution in [1.29, 1.82) is 5.26 Å². The van der Waals surface area contributed by atoms with Gasteiger partial charge in [0.25, 0.3) is 11.4 Å². The summed E-state index contributed by atoms with van der Waals surface area (Å²) in [6, 6.07) is 16.5. The summed E-state index contributed by atoms with van der Waals surface area (Å²) in [5, 5.41) is 10.0. The molecule has 0 bridgehead atoms. The van der Waals surface area contributed by atoms with Crippen LogP contribution in [0.3, 0.4) is 0 Å². The molecule has 1 unspecified atom stereocenters.